The standard InChI is InChI=1S/C23H25N5O/c1-18(19-7-3-2-4-8-19)26-21-15-20(16-24-17-21)23(29)28-13-11-27(12-14-28)22-9-5-6-10-25-22/h2-10,15-18,26H,11-14H2,1H3. The van der Waals surface area contributed by atoms with E-state index in [1.807, 2.05) is 47.4 Å². The minimum Gasteiger partial charge on any atom is -0.377 e. The second-order valence-corrected chi connectivity index (χ2v) is 7.21. The molecule has 1 aromatic carbocycles. The first kappa shape index (κ1) is 18.9. The van der Waals surface area contributed by atoms with Crippen molar-refractivity contribution in [1.29, 1.82) is 0 Å². The van der Waals surface area contributed by atoms with E-state index in [0.717, 1.165) is 24.6 Å². The third kappa shape index (κ3) is 4.54. The number of aromatic nitrogens is 2. The van der Waals surface area contributed by atoms with Crippen molar-refractivity contribution in [2.45, 2.75) is 13.0 Å². The smallest absolute Gasteiger partial charge is 0.255 e. The van der Waals surface area contributed by atoms with Crippen molar-refractivity contribution in [2.75, 3.05) is 36.4 Å². The minimum atomic E-state index is 0.0224. The molecule has 2 aromatic heterocycles. The van der Waals surface area contributed by atoms with Crippen LogP contribution in [-0.2, 0) is 0 Å². The molecule has 1 aliphatic heterocycles. The maximum atomic E-state index is 13.0. The first-order valence-corrected chi connectivity index (χ1v) is 9.92. The molecule has 1 saturated heterocycles. The van der Waals surface area contributed by atoms with Crippen molar-refractivity contribution in [3.8, 4) is 0 Å². The summed E-state index contributed by atoms with van der Waals surface area (Å²) >= 11 is 0. The number of rotatable bonds is 5. The second kappa shape index (κ2) is 8.73. The van der Waals surface area contributed by atoms with Crippen LogP contribution in [0.1, 0.15) is 28.9 Å². The average Bonchev–Trinajstić information content (AvgIpc) is 2.80. The zero-order valence-corrected chi connectivity index (χ0v) is 16.5. The summed E-state index contributed by atoms with van der Waals surface area (Å²) in [7, 11) is 0. The number of piperazine rings is 1. The summed E-state index contributed by atoms with van der Waals surface area (Å²) < 4.78 is 0. The van der Waals surface area contributed by atoms with Crippen LogP contribution in [0.3, 0.4) is 0 Å². The van der Waals surface area contributed by atoms with E-state index in [0.29, 0.717) is 18.7 Å². The van der Waals surface area contributed by atoms with Gasteiger partial charge in [-0.25, -0.2) is 4.98 Å². The fourth-order valence-corrected chi connectivity index (χ4v) is 3.57. The Balaban J connectivity index is 1.39. The van der Waals surface area contributed by atoms with Gasteiger partial charge in [0.2, 0.25) is 0 Å². The van der Waals surface area contributed by atoms with Gasteiger partial charge in [0.15, 0.2) is 0 Å². The maximum Gasteiger partial charge on any atom is 0.255 e. The Morgan fingerprint density at radius 2 is 1.76 bits per heavy atom. The Kier molecular flexibility index (Phi) is 5.70. The molecular weight excluding hydrogens is 362 g/mol. The van der Waals surface area contributed by atoms with Crippen LogP contribution in [0.4, 0.5) is 11.5 Å². The third-order valence-corrected chi connectivity index (χ3v) is 5.21. The Hall–Kier alpha value is -3.41. The number of pyridine rings is 2. The highest BCUT2D eigenvalue weighted by atomic mass is 16.2. The molecule has 148 valence electrons. The highest BCUT2D eigenvalue weighted by molar-refractivity contribution is 5.95. The van der Waals surface area contributed by atoms with Crippen molar-refractivity contribution in [3.63, 3.8) is 0 Å². The quantitative estimate of drug-likeness (QED) is 0.725. The number of anilines is 2. The molecule has 0 aliphatic carbocycles. The first-order valence-electron chi connectivity index (χ1n) is 9.92. The van der Waals surface area contributed by atoms with Crippen molar-refractivity contribution in [3.05, 3.63) is 84.3 Å². The lowest BCUT2D eigenvalue weighted by Gasteiger charge is -2.35. The van der Waals surface area contributed by atoms with Crippen LogP contribution in [0.15, 0.2) is 73.2 Å². The molecule has 1 fully saturated rings. The normalized spacial score (nSPS) is 15.1. The molecule has 1 amide bonds. The lowest BCUT2D eigenvalue weighted by atomic mass is 10.1. The number of carbonyl (C=O) groups is 1. The van der Waals surface area contributed by atoms with Crippen LogP contribution in [0.2, 0.25) is 0 Å². The molecule has 4 rings (SSSR count). The number of nitrogens with one attached hydrogen (secondary N) is 1. The van der Waals surface area contributed by atoms with Gasteiger partial charge in [0.05, 0.1) is 11.3 Å². The fourth-order valence-electron chi connectivity index (χ4n) is 3.57. The molecule has 1 N–H and O–H groups in total. The van der Waals surface area contributed by atoms with E-state index in [1.54, 1.807) is 18.6 Å². The molecule has 1 aliphatic rings. The number of hydrogen-bond acceptors (Lipinski definition) is 5. The summed E-state index contributed by atoms with van der Waals surface area (Å²) in [5.41, 5.74) is 2.65. The van der Waals surface area contributed by atoms with E-state index >= 15 is 0 Å². The van der Waals surface area contributed by atoms with Crippen LogP contribution < -0.4 is 10.2 Å². The predicted octanol–water partition coefficient (Wildman–Crippen LogP) is 3.61. The summed E-state index contributed by atoms with van der Waals surface area (Å²) in [4.78, 5) is 25.8. The van der Waals surface area contributed by atoms with Crippen LogP contribution in [0, 0.1) is 0 Å². The molecule has 29 heavy (non-hydrogen) atoms. The summed E-state index contributed by atoms with van der Waals surface area (Å²) in [5, 5.41) is 3.44. The van der Waals surface area contributed by atoms with Crippen molar-refractivity contribution in [1.82, 2.24) is 14.9 Å². The molecule has 3 aromatic rings. The molecular formula is C23H25N5O. The number of nitrogens with zero attached hydrogens (tertiary/aromatic N) is 4. The van der Waals surface area contributed by atoms with Gasteiger partial charge in [0.25, 0.3) is 5.91 Å². The lowest BCUT2D eigenvalue weighted by molar-refractivity contribution is 0.0746. The molecule has 0 saturated carbocycles. The summed E-state index contributed by atoms with van der Waals surface area (Å²) in [6.45, 7) is 5.00. The molecule has 0 radical (unpaired) electrons. The topological polar surface area (TPSA) is 61.4 Å². The zero-order valence-electron chi connectivity index (χ0n) is 16.5. The monoisotopic (exact) mass is 387 g/mol. The summed E-state index contributed by atoms with van der Waals surface area (Å²) in [6, 6.07) is 18.1. The number of carbonyl (C=O) groups excluding carboxylic acids is 1. The van der Waals surface area contributed by atoms with Crippen molar-refractivity contribution < 1.29 is 4.79 Å². The number of amides is 1. The van der Waals surface area contributed by atoms with Crippen molar-refractivity contribution >= 4 is 17.4 Å². The fraction of sp³-hybridized carbons (Fsp3) is 0.261. The second-order valence-electron chi connectivity index (χ2n) is 7.21. The molecule has 1 atom stereocenters. The van der Waals surface area contributed by atoms with Crippen LogP contribution >= 0.6 is 0 Å². The van der Waals surface area contributed by atoms with Gasteiger partial charge in [-0.3, -0.25) is 9.78 Å². The summed E-state index contributed by atoms with van der Waals surface area (Å²) in [5.74, 6) is 0.983. The average molecular weight is 387 g/mol. The zero-order chi connectivity index (χ0) is 20.1. The van der Waals surface area contributed by atoms with Crippen LogP contribution in [0.5, 0.6) is 0 Å². The van der Waals surface area contributed by atoms with Gasteiger partial charge in [-0.2, -0.15) is 0 Å². The summed E-state index contributed by atoms with van der Waals surface area (Å²) in [6.07, 6.45) is 5.20. The van der Waals surface area contributed by atoms with E-state index < -0.39 is 0 Å². The first-order chi connectivity index (χ1) is 14.2. The highest BCUT2D eigenvalue weighted by Crippen LogP contribution is 2.20. The van der Waals surface area contributed by atoms with Gasteiger partial charge in [0.1, 0.15) is 5.82 Å². The largest absolute Gasteiger partial charge is 0.377 e. The Labute approximate surface area is 171 Å². The molecule has 6 heteroatoms. The van der Waals surface area contributed by atoms with E-state index in [2.05, 4.69) is 39.2 Å². The predicted molar refractivity (Wildman–Crippen MR) is 115 cm³/mol. The van der Waals surface area contributed by atoms with Gasteiger partial charge in [-0.1, -0.05) is 36.4 Å². The third-order valence-electron chi connectivity index (χ3n) is 5.21. The lowest BCUT2D eigenvalue weighted by Crippen LogP contribution is -2.49. The van der Waals surface area contributed by atoms with Crippen LogP contribution in [0.25, 0.3) is 0 Å². The molecule has 0 bridgehead atoms. The Morgan fingerprint density at radius 3 is 2.48 bits per heavy atom. The van der Waals surface area contributed by atoms with Gasteiger partial charge >= 0.3 is 0 Å². The van der Waals surface area contributed by atoms with E-state index in [-0.39, 0.29) is 11.9 Å². The Bertz CT molecular complexity index is 940. The maximum absolute atomic E-state index is 13.0. The molecule has 6 nitrogen and oxygen atoms in total. The van der Waals surface area contributed by atoms with Gasteiger partial charge in [0, 0.05) is 50.8 Å². The minimum absolute atomic E-state index is 0.0224. The van der Waals surface area contributed by atoms with Crippen LogP contribution in [-0.4, -0.2) is 47.0 Å². The van der Waals surface area contributed by atoms with Gasteiger partial charge in [-0.15, -0.1) is 0 Å². The van der Waals surface area contributed by atoms with Gasteiger partial charge < -0.3 is 15.1 Å². The SMILES string of the molecule is CC(Nc1cncc(C(=O)N2CCN(c3ccccn3)CC2)c1)c1ccccc1. The van der Waals surface area contributed by atoms with E-state index in [1.165, 1.54) is 5.56 Å². The molecule has 3 heterocycles. The molecule has 1 unspecified atom stereocenters. The number of benzene rings is 1. The highest BCUT2D eigenvalue weighted by Gasteiger charge is 2.23. The Morgan fingerprint density at radius 1 is 1.00 bits per heavy atom. The van der Waals surface area contributed by atoms with Gasteiger partial charge in [-0.05, 0) is 30.7 Å². The molecule has 0 spiro atoms. The van der Waals surface area contributed by atoms with Crippen molar-refractivity contribution in [2.24, 2.45) is 0 Å². The van der Waals surface area contributed by atoms with E-state index in [4.69, 9.17) is 0 Å². The van der Waals surface area contributed by atoms with E-state index in [9.17, 15) is 4.79 Å². The number of hydrogen-bond donors (Lipinski definition) is 1.